The normalized spacial score (nSPS) is 13.8. The van der Waals surface area contributed by atoms with Crippen LogP contribution in [0.1, 0.15) is 100.0 Å². The molecule has 0 saturated heterocycles. The van der Waals surface area contributed by atoms with Gasteiger partial charge in [0.15, 0.2) is 0 Å². The van der Waals surface area contributed by atoms with E-state index in [2.05, 4.69) is 21.9 Å². The van der Waals surface area contributed by atoms with E-state index in [1.54, 1.807) is 86.6 Å². The number of carboxylic acids is 2. The Labute approximate surface area is 266 Å². The third-order valence-electron chi connectivity index (χ3n) is 7.03. The molecule has 0 unspecified atom stereocenters. The van der Waals surface area contributed by atoms with E-state index < -0.39 is 64.5 Å². The molecular formula is C33H50N4O8. The smallest absolute Gasteiger partial charge is 0.330 e. The van der Waals surface area contributed by atoms with Gasteiger partial charge < -0.3 is 35.8 Å². The molecule has 4 amide bonds. The number of terminal acetylenes is 1. The van der Waals surface area contributed by atoms with Crippen LogP contribution >= 0.6 is 0 Å². The average molecular weight is 631 g/mol. The van der Waals surface area contributed by atoms with E-state index in [0.29, 0.717) is 24.1 Å². The summed E-state index contributed by atoms with van der Waals surface area (Å²) in [6.45, 7) is 15.2. The van der Waals surface area contributed by atoms with Crippen LogP contribution in [-0.4, -0.2) is 74.3 Å². The first kappa shape index (κ1) is 38.8. The van der Waals surface area contributed by atoms with Crippen LogP contribution in [0.5, 0.6) is 0 Å². The molecule has 0 aromatic heterocycles. The Balaban J connectivity index is 3.18. The lowest BCUT2D eigenvalue weighted by Gasteiger charge is -2.54. The van der Waals surface area contributed by atoms with Gasteiger partial charge in [-0.3, -0.25) is 4.79 Å². The highest BCUT2D eigenvalue weighted by Crippen LogP contribution is 2.43. The molecule has 1 aromatic rings. The van der Waals surface area contributed by atoms with Gasteiger partial charge in [0.2, 0.25) is 0 Å². The van der Waals surface area contributed by atoms with Gasteiger partial charge in [-0.15, -0.1) is 6.42 Å². The van der Waals surface area contributed by atoms with Gasteiger partial charge in [0.05, 0.1) is 0 Å². The summed E-state index contributed by atoms with van der Waals surface area (Å²) in [4.78, 5) is 65.3. The van der Waals surface area contributed by atoms with Crippen molar-refractivity contribution in [1.82, 2.24) is 15.5 Å². The number of anilines is 1. The van der Waals surface area contributed by atoms with E-state index in [-0.39, 0.29) is 19.4 Å². The fourth-order valence-electron chi connectivity index (χ4n) is 5.06. The second-order valence-corrected chi connectivity index (χ2v) is 14.0. The van der Waals surface area contributed by atoms with Gasteiger partial charge in [-0.25, -0.2) is 19.2 Å². The fraction of sp³-hybridized carbons (Fsp3) is 0.606. The standard InChI is InChI=1S/C33H50N4O8/c1-11-22-15-14-16-23(21-22)35-28(43)34-20-13-12-17-24(26(40)45-32(8,9)10)36-29(44)37(31(5,6)7)33(27(41)42,30(2,3)4)19-18-25(38)39/h1,14-16,21,24H,12-13,17-20H2,2-10H3,(H,36,44)(H,38,39)(H,41,42)(H2,34,35,43)/t24-,33-/m0/s1. The molecule has 2 atom stereocenters. The number of nitrogens with one attached hydrogen (secondary N) is 3. The van der Waals surface area contributed by atoms with E-state index >= 15 is 0 Å². The Morgan fingerprint density at radius 3 is 2.09 bits per heavy atom. The molecule has 250 valence electrons. The third-order valence-corrected chi connectivity index (χ3v) is 7.03. The minimum absolute atomic E-state index is 0.136. The largest absolute Gasteiger partial charge is 0.481 e. The van der Waals surface area contributed by atoms with Gasteiger partial charge in [0.25, 0.3) is 0 Å². The highest BCUT2D eigenvalue weighted by Gasteiger charge is 2.58. The summed E-state index contributed by atoms with van der Waals surface area (Å²) in [6.07, 6.45) is 5.54. The number of hydrogen-bond donors (Lipinski definition) is 5. The summed E-state index contributed by atoms with van der Waals surface area (Å²) >= 11 is 0. The monoisotopic (exact) mass is 630 g/mol. The summed E-state index contributed by atoms with van der Waals surface area (Å²) in [6, 6.07) is 4.41. The van der Waals surface area contributed by atoms with Crippen LogP contribution in [0.4, 0.5) is 15.3 Å². The SMILES string of the molecule is C#Cc1cccc(NC(=O)NCCCC[C@H](NC(=O)N(C(C)(C)C)[C@@](CCC(=O)O)(C(=O)O)C(C)(C)C)C(=O)OC(C)(C)C)c1. The third kappa shape index (κ3) is 11.6. The minimum atomic E-state index is -1.94. The summed E-state index contributed by atoms with van der Waals surface area (Å²) in [7, 11) is 0. The molecule has 0 saturated carbocycles. The molecule has 0 aliphatic heterocycles. The Bertz CT molecular complexity index is 1270. The van der Waals surface area contributed by atoms with Crippen molar-refractivity contribution in [3.63, 3.8) is 0 Å². The number of benzene rings is 1. The maximum absolute atomic E-state index is 14.0. The van der Waals surface area contributed by atoms with Gasteiger partial charge in [0.1, 0.15) is 17.2 Å². The fourth-order valence-corrected chi connectivity index (χ4v) is 5.06. The van der Waals surface area contributed by atoms with Crippen molar-refractivity contribution in [3.8, 4) is 12.3 Å². The van der Waals surface area contributed by atoms with Gasteiger partial charge >= 0.3 is 30.0 Å². The number of rotatable bonds is 13. The number of hydrogen-bond acceptors (Lipinski definition) is 6. The zero-order valence-corrected chi connectivity index (χ0v) is 28.0. The molecule has 1 rings (SSSR count). The van der Waals surface area contributed by atoms with Crippen molar-refractivity contribution in [2.45, 2.75) is 117 Å². The van der Waals surface area contributed by atoms with E-state index in [1.165, 1.54) is 0 Å². The first-order valence-electron chi connectivity index (χ1n) is 15.0. The predicted molar refractivity (Wildman–Crippen MR) is 172 cm³/mol. The molecule has 0 radical (unpaired) electrons. The Morgan fingerprint density at radius 1 is 0.978 bits per heavy atom. The average Bonchev–Trinajstić information content (AvgIpc) is 2.87. The van der Waals surface area contributed by atoms with E-state index in [1.807, 2.05) is 0 Å². The predicted octanol–water partition coefficient (Wildman–Crippen LogP) is 5.21. The quantitative estimate of drug-likeness (QED) is 0.112. The van der Waals surface area contributed by atoms with Gasteiger partial charge in [-0.05, 0) is 90.8 Å². The molecular weight excluding hydrogens is 580 g/mol. The van der Waals surface area contributed by atoms with Crippen molar-refractivity contribution in [3.05, 3.63) is 29.8 Å². The van der Waals surface area contributed by atoms with Crippen LogP contribution in [0.15, 0.2) is 24.3 Å². The molecule has 0 fully saturated rings. The van der Waals surface area contributed by atoms with Crippen molar-refractivity contribution in [1.29, 1.82) is 0 Å². The number of aliphatic carboxylic acids is 2. The van der Waals surface area contributed by atoms with Crippen molar-refractivity contribution in [2.75, 3.05) is 11.9 Å². The number of unbranched alkanes of at least 4 members (excludes halogenated alkanes) is 1. The zero-order chi connectivity index (χ0) is 34.8. The lowest BCUT2D eigenvalue weighted by molar-refractivity contribution is -0.164. The number of nitrogens with zero attached hydrogens (tertiary/aromatic N) is 1. The van der Waals surface area contributed by atoms with Gasteiger partial charge in [-0.2, -0.15) is 0 Å². The van der Waals surface area contributed by atoms with Crippen molar-refractivity contribution < 1.29 is 38.9 Å². The van der Waals surface area contributed by atoms with Crippen LogP contribution in [0.3, 0.4) is 0 Å². The maximum Gasteiger partial charge on any atom is 0.330 e. The molecule has 45 heavy (non-hydrogen) atoms. The topological polar surface area (TPSA) is 174 Å². The molecule has 0 aliphatic rings. The molecule has 1 aromatic carbocycles. The van der Waals surface area contributed by atoms with E-state index in [0.717, 1.165) is 4.90 Å². The molecule has 12 heteroatoms. The van der Waals surface area contributed by atoms with Gasteiger partial charge in [-0.1, -0.05) is 32.8 Å². The highest BCUT2D eigenvalue weighted by molar-refractivity contribution is 5.91. The molecule has 0 aliphatic carbocycles. The number of amides is 4. The molecule has 5 N–H and O–H groups in total. The second kappa shape index (κ2) is 15.6. The number of esters is 1. The molecule has 0 heterocycles. The molecule has 0 spiro atoms. The lowest BCUT2D eigenvalue weighted by atomic mass is 9.68. The number of carbonyl (C=O) groups is 5. The number of ether oxygens (including phenoxy) is 1. The van der Waals surface area contributed by atoms with E-state index in [4.69, 9.17) is 11.2 Å². The number of urea groups is 2. The Hall–Kier alpha value is -4.27. The summed E-state index contributed by atoms with van der Waals surface area (Å²) in [5, 5.41) is 28.1. The highest BCUT2D eigenvalue weighted by atomic mass is 16.6. The Kier molecular flexibility index (Phi) is 13.5. The van der Waals surface area contributed by atoms with Crippen molar-refractivity contribution in [2.24, 2.45) is 5.41 Å². The second-order valence-electron chi connectivity index (χ2n) is 14.0. The summed E-state index contributed by atoms with van der Waals surface area (Å²) in [5.41, 5.74) is -3.84. The van der Waals surface area contributed by atoms with Crippen molar-refractivity contribution >= 4 is 35.7 Å². The minimum Gasteiger partial charge on any atom is -0.481 e. The first-order chi connectivity index (χ1) is 20.5. The lowest BCUT2D eigenvalue weighted by Crippen LogP contribution is -2.71. The van der Waals surface area contributed by atoms with Gasteiger partial charge in [0, 0.05) is 29.8 Å². The first-order valence-corrected chi connectivity index (χ1v) is 15.0. The maximum atomic E-state index is 14.0. The zero-order valence-electron chi connectivity index (χ0n) is 28.0. The van der Waals surface area contributed by atoms with Crippen LogP contribution in [0, 0.1) is 17.8 Å². The number of carboxylic acid groups (broad SMARTS) is 2. The van der Waals surface area contributed by atoms with E-state index in [9.17, 15) is 34.2 Å². The summed E-state index contributed by atoms with van der Waals surface area (Å²) in [5.74, 6) is -0.759. The van der Waals surface area contributed by atoms with Crippen LogP contribution in [-0.2, 0) is 19.1 Å². The number of carbonyl (C=O) groups excluding carboxylic acids is 3. The molecule has 12 nitrogen and oxygen atoms in total. The van der Waals surface area contributed by atoms with Crippen LogP contribution in [0.25, 0.3) is 0 Å². The Morgan fingerprint density at radius 2 is 1.60 bits per heavy atom. The van der Waals surface area contributed by atoms with Crippen LogP contribution < -0.4 is 16.0 Å². The van der Waals surface area contributed by atoms with Crippen LogP contribution in [0.2, 0.25) is 0 Å². The summed E-state index contributed by atoms with van der Waals surface area (Å²) < 4.78 is 5.57. The molecule has 0 bridgehead atoms.